The molecule has 0 radical (unpaired) electrons. The first-order chi connectivity index (χ1) is 11.2. The second-order valence-electron chi connectivity index (χ2n) is 6.68. The maximum Gasteiger partial charge on any atom is 0.225 e. The van der Waals surface area contributed by atoms with Crippen LogP contribution in [0.4, 0.5) is 0 Å². The Balaban J connectivity index is 1.51. The molecule has 2 N–H and O–H groups in total. The number of rotatable bonds is 4. The third-order valence-corrected chi connectivity index (χ3v) is 5.09. The normalized spacial score (nSPS) is 25.6. The summed E-state index contributed by atoms with van der Waals surface area (Å²) in [4.78, 5) is 17.0. The van der Waals surface area contributed by atoms with Crippen LogP contribution in [0.25, 0.3) is 0 Å². The molecule has 2 aliphatic rings. The average Bonchev–Trinajstić information content (AvgIpc) is 3.02. The number of hydrogen-bond acceptors (Lipinski definition) is 4. The third kappa shape index (κ3) is 3.85. The van der Waals surface area contributed by atoms with E-state index in [-0.39, 0.29) is 12.0 Å². The fraction of sp³-hybridized carbons (Fsp3) is 0.611. The van der Waals surface area contributed by atoms with Crippen molar-refractivity contribution in [3.63, 3.8) is 0 Å². The van der Waals surface area contributed by atoms with Crippen molar-refractivity contribution < 1.29 is 9.53 Å². The minimum Gasteiger partial charge on any atom is -0.496 e. The molecule has 1 amide bonds. The molecular weight excluding hydrogens is 290 g/mol. The number of benzene rings is 1. The zero-order chi connectivity index (χ0) is 16.2. The van der Waals surface area contributed by atoms with Gasteiger partial charge < -0.3 is 15.4 Å². The number of methoxy groups -OCH3 is 1. The van der Waals surface area contributed by atoms with Gasteiger partial charge >= 0.3 is 0 Å². The van der Waals surface area contributed by atoms with Gasteiger partial charge in [-0.25, -0.2) is 0 Å². The highest BCUT2D eigenvalue weighted by Gasteiger charge is 2.32. The molecule has 2 atom stereocenters. The summed E-state index contributed by atoms with van der Waals surface area (Å²) < 4.78 is 5.42. The first-order valence-corrected chi connectivity index (χ1v) is 8.56. The van der Waals surface area contributed by atoms with Crippen LogP contribution in [-0.4, -0.2) is 55.0 Å². The van der Waals surface area contributed by atoms with Gasteiger partial charge in [-0.3, -0.25) is 9.69 Å². The van der Waals surface area contributed by atoms with Crippen LogP contribution in [0.2, 0.25) is 0 Å². The highest BCUT2D eigenvalue weighted by molar-refractivity contribution is 5.79. The lowest BCUT2D eigenvalue weighted by Gasteiger charge is -2.36. The van der Waals surface area contributed by atoms with Crippen molar-refractivity contribution in [1.29, 1.82) is 0 Å². The van der Waals surface area contributed by atoms with E-state index in [2.05, 4.69) is 11.0 Å². The van der Waals surface area contributed by atoms with Gasteiger partial charge in [-0.15, -0.1) is 0 Å². The lowest BCUT2D eigenvalue weighted by atomic mass is 10.1. The van der Waals surface area contributed by atoms with Crippen LogP contribution < -0.4 is 10.5 Å². The van der Waals surface area contributed by atoms with Gasteiger partial charge in [0.2, 0.25) is 5.91 Å². The molecule has 1 aliphatic heterocycles. The second-order valence-corrected chi connectivity index (χ2v) is 6.68. The minimum atomic E-state index is 0.158. The molecule has 5 heteroatoms. The van der Waals surface area contributed by atoms with Crippen molar-refractivity contribution >= 4 is 5.91 Å². The molecular formula is C18H27N3O2. The van der Waals surface area contributed by atoms with Crippen LogP contribution >= 0.6 is 0 Å². The van der Waals surface area contributed by atoms with E-state index in [9.17, 15) is 4.79 Å². The number of carbonyl (C=O) groups excluding carboxylic acids is 1. The summed E-state index contributed by atoms with van der Waals surface area (Å²) >= 11 is 0. The van der Waals surface area contributed by atoms with Crippen LogP contribution in [0, 0.1) is 5.92 Å². The molecule has 1 heterocycles. The van der Waals surface area contributed by atoms with Crippen LogP contribution in [-0.2, 0) is 11.3 Å². The number of nitrogens with zero attached hydrogens (tertiary/aromatic N) is 2. The number of amides is 1. The van der Waals surface area contributed by atoms with Gasteiger partial charge in [0.25, 0.3) is 0 Å². The highest BCUT2D eigenvalue weighted by atomic mass is 16.5. The molecule has 0 spiro atoms. The Morgan fingerprint density at radius 2 is 1.96 bits per heavy atom. The Labute approximate surface area is 138 Å². The number of piperazine rings is 1. The van der Waals surface area contributed by atoms with Crippen molar-refractivity contribution in [1.82, 2.24) is 9.80 Å². The minimum absolute atomic E-state index is 0.158. The lowest BCUT2D eigenvalue weighted by molar-refractivity contribution is -0.137. The maximum absolute atomic E-state index is 12.5. The average molecular weight is 317 g/mol. The van der Waals surface area contributed by atoms with E-state index >= 15 is 0 Å². The summed E-state index contributed by atoms with van der Waals surface area (Å²) in [5, 5.41) is 0. The van der Waals surface area contributed by atoms with E-state index in [4.69, 9.17) is 10.5 Å². The van der Waals surface area contributed by atoms with Gasteiger partial charge in [-0.1, -0.05) is 18.2 Å². The van der Waals surface area contributed by atoms with Crippen molar-refractivity contribution in [3.8, 4) is 5.75 Å². The lowest BCUT2D eigenvalue weighted by Crippen LogP contribution is -2.49. The first kappa shape index (κ1) is 16.3. The highest BCUT2D eigenvalue weighted by Crippen LogP contribution is 2.27. The van der Waals surface area contributed by atoms with E-state index in [1.54, 1.807) is 7.11 Å². The van der Waals surface area contributed by atoms with Gasteiger partial charge in [-0.05, 0) is 25.3 Å². The third-order valence-electron chi connectivity index (χ3n) is 5.09. The SMILES string of the molecule is COc1ccccc1CN1CCN(C(=O)C2CCC(N)C2)CC1. The van der Waals surface area contributed by atoms with E-state index in [1.807, 2.05) is 23.1 Å². The number of para-hydroxylation sites is 1. The van der Waals surface area contributed by atoms with E-state index in [0.717, 1.165) is 57.7 Å². The quantitative estimate of drug-likeness (QED) is 0.913. The van der Waals surface area contributed by atoms with Crippen molar-refractivity contribution in [3.05, 3.63) is 29.8 Å². The summed E-state index contributed by atoms with van der Waals surface area (Å²) in [6.45, 7) is 4.35. The molecule has 1 saturated carbocycles. The number of nitrogens with two attached hydrogens (primary N) is 1. The molecule has 0 bridgehead atoms. The number of hydrogen-bond donors (Lipinski definition) is 1. The monoisotopic (exact) mass is 317 g/mol. The van der Waals surface area contributed by atoms with E-state index in [0.29, 0.717) is 5.91 Å². The molecule has 3 rings (SSSR count). The summed E-state index contributed by atoms with van der Waals surface area (Å²) in [5.41, 5.74) is 7.14. The Hall–Kier alpha value is -1.59. The Bertz CT molecular complexity index is 541. The van der Waals surface area contributed by atoms with Gasteiger partial charge in [0.05, 0.1) is 7.11 Å². The standard InChI is InChI=1S/C18H27N3O2/c1-23-17-5-3-2-4-15(17)13-20-8-10-21(11-9-20)18(22)14-6-7-16(19)12-14/h2-5,14,16H,6-13,19H2,1H3. The number of carbonyl (C=O) groups is 1. The molecule has 0 aromatic heterocycles. The van der Waals surface area contributed by atoms with E-state index < -0.39 is 0 Å². The smallest absolute Gasteiger partial charge is 0.225 e. The zero-order valence-corrected chi connectivity index (χ0v) is 13.9. The first-order valence-electron chi connectivity index (χ1n) is 8.56. The van der Waals surface area contributed by atoms with Gasteiger partial charge in [0.1, 0.15) is 5.75 Å². The predicted octanol–water partition coefficient (Wildman–Crippen LogP) is 1.47. The maximum atomic E-state index is 12.5. The fourth-order valence-corrected chi connectivity index (χ4v) is 3.70. The van der Waals surface area contributed by atoms with Crippen molar-refractivity contribution in [2.24, 2.45) is 11.7 Å². The Morgan fingerprint density at radius 3 is 2.61 bits per heavy atom. The van der Waals surface area contributed by atoms with Crippen LogP contribution in [0.5, 0.6) is 5.75 Å². The molecule has 5 nitrogen and oxygen atoms in total. The van der Waals surface area contributed by atoms with Gasteiger partial charge in [0.15, 0.2) is 0 Å². The molecule has 23 heavy (non-hydrogen) atoms. The molecule has 1 aliphatic carbocycles. The largest absolute Gasteiger partial charge is 0.496 e. The van der Waals surface area contributed by atoms with Crippen LogP contribution in [0.3, 0.4) is 0 Å². The molecule has 2 unspecified atom stereocenters. The fourth-order valence-electron chi connectivity index (χ4n) is 3.70. The summed E-state index contributed by atoms with van der Waals surface area (Å²) in [6, 6.07) is 8.36. The molecule has 1 aromatic rings. The summed E-state index contributed by atoms with van der Waals surface area (Å²) in [5.74, 6) is 1.41. The second kappa shape index (κ2) is 7.32. The van der Waals surface area contributed by atoms with Crippen LogP contribution in [0.15, 0.2) is 24.3 Å². The van der Waals surface area contributed by atoms with E-state index in [1.165, 1.54) is 5.56 Å². The molecule has 126 valence electrons. The molecule has 1 saturated heterocycles. The zero-order valence-electron chi connectivity index (χ0n) is 13.9. The van der Waals surface area contributed by atoms with Crippen molar-refractivity contribution in [2.45, 2.75) is 31.8 Å². The summed E-state index contributed by atoms with van der Waals surface area (Å²) in [7, 11) is 1.71. The molecule has 2 fully saturated rings. The number of ether oxygens (including phenoxy) is 1. The van der Waals surface area contributed by atoms with Gasteiger partial charge in [-0.2, -0.15) is 0 Å². The topological polar surface area (TPSA) is 58.8 Å². The Kier molecular flexibility index (Phi) is 5.18. The predicted molar refractivity (Wildman–Crippen MR) is 90.2 cm³/mol. The van der Waals surface area contributed by atoms with Crippen molar-refractivity contribution in [2.75, 3.05) is 33.3 Å². The van der Waals surface area contributed by atoms with Crippen LogP contribution in [0.1, 0.15) is 24.8 Å². The molecule has 1 aromatic carbocycles. The Morgan fingerprint density at radius 1 is 1.22 bits per heavy atom. The summed E-state index contributed by atoms with van der Waals surface area (Å²) in [6.07, 6.45) is 2.81. The van der Waals surface area contributed by atoms with Gasteiger partial charge in [0, 0.05) is 50.2 Å².